The van der Waals surface area contributed by atoms with Gasteiger partial charge in [0.2, 0.25) is 0 Å². The van der Waals surface area contributed by atoms with Gasteiger partial charge in [-0.15, -0.1) is 0 Å². The highest BCUT2D eigenvalue weighted by Gasteiger charge is 2.28. The molecule has 0 radical (unpaired) electrons. The zero-order valence-electron chi connectivity index (χ0n) is 22.0. The van der Waals surface area contributed by atoms with Gasteiger partial charge in [0.25, 0.3) is 10.0 Å². The Balaban J connectivity index is 1.18. The van der Waals surface area contributed by atoms with Crippen LogP contribution < -0.4 is 5.32 Å². The summed E-state index contributed by atoms with van der Waals surface area (Å²) in [6.45, 7) is 2.82. The van der Waals surface area contributed by atoms with Crippen LogP contribution in [0.1, 0.15) is 82.6 Å². The summed E-state index contributed by atoms with van der Waals surface area (Å²) in [7, 11) is -3.72. The van der Waals surface area contributed by atoms with Gasteiger partial charge in [0, 0.05) is 30.2 Å². The van der Waals surface area contributed by atoms with Crippen molar-refractivity contribution in [3.63, 3.8) is 0 Å². The van der Waals surface area contributed by atoms with Crippen molar-refractivity contribution in [3.8, 4) is 0 Å². The van der Waals surface area contributed by atoms with Crippen molar-refractivity contribution >= 4 is 20.9 Å². The molecule has 1 aromatic carbocycles. The lowest BCUT2D eigenvalue weighted by Crippen LogP contribution is -2.45. The van der Waals surface area contributed by atoms with Crippen LogP contribution in [0.25, 0.3) is 10.9 Å². The van der Waals surface area contributed by atoms with Crippen LogP contribution in [0.3, 0.4) is 0 Å². The number of aromatic nitrogens is 1. The Hall–Kier alpha value is -2.33. The number of fused-ring (bicyclic) bond motifs is 1. The van der Waals surface area contributed by atoms with E-state index in [1.54, 1.807) is 24.4 Å². The summed E-state index contributed by atoms with van der Waals surface area (Å²) in [6.07, 6.45) is 23.0. The molecule has 0 amide bonds. The third-order valence-electron chi connectivity index (χ3n) is 8.34. The highest BCUT2D eigenvalue weighted by molar-refractivity contribution is 7.94. The Kier molecular flexibility index (Phi) is 8.86. The molecule has 0 bridgehead atoms. The second-order valence-electron chi connectivity index (χ2n) is 10.8. The number of para-hydroxylation sites is 1. The molecule has 2 fully saturated rings. The maximum atomic E-state index is 13.3. The first-order chi connectivity index (χ1) is 18.1. The molecule has 2 saturated carbocycles. The van der Waals surface area contributed by atoms with E-state index in [1.165, 1.54) is 81.1 Å². The fraction of sp³-hybridized carbons (Fsp3) is 0.548. The summed E-state index contributed by atoms with van der Waals surface area (Å²) < 4.78 is 28.0. The molecular formula is C31H41N3O2S. The molecule has 0 aliphatic heterocycles. The average Bonchev–Trinajstić information content (AvgIpc) is 3.33. The number of rotatable bonds is 11. The molecule has 3 aliphatic rings. The number of unbranched alkanes of at least 4 members (excludes halogenated alkanes) is 1. The molecule has 0 spiro atoms. The first kappa shape index (κ1) is 26.3. The number of allylic oxidation sites excluding steroid dienone is 3. The average molecular weight is 520 g/mol. The van der Waals surface area contributed by atoms with Crippen molar-refractivity contribution in [2.24, 2.45) is 0 Å². The lowest BCUT2D eigenvalue weighted by Gasteiger charge is -2.41. The lowest BCUT2D eigenvalue weighted by molar-refractivity contribution is 0.0790. The van der Waals surface area contributed by atoms with Crippen molar-refractivity contribution in [2.75, 3.05) is 13.1 Å². The SMILES string of the molecule is O=S(=O)(C1=C=C=CC=C1)n1cc(CNCCCCN(C2CCCCC2)C2CCCCC2)c2ccccc21. The summed E-state index contributed by atoms with van der Waals surface area (Å²) in [6, 6.07) is 9.34. The van der Waals surface area contributed by atoms with Gasteiger partial charge in [0.15, 0.2) is 0 Å². The van der Waals surface area contributed by atoms with Crippen LogP contribution in [0.15, 0.2) is 65.1 Å². The van der Waals surface area contributed by atoms with Crippen molar-refractivity contribution in [2.45, 2.75) is 95.7 Å². The molecule has 3 aliphatic carbocycles. The molecular weight excluding hydrogens is 478 g/mol. The largest absolute Gasteiger partial charge is 0.313 e. The minimum Gasteiger partial charge on any atom is -0.313 e. The van der Waals surface area contributed by atoms with Crippen LogP contribution >= 0.6 is 0 Å². The fourth-order valence-corrected chi connectivity index (χ4v) is 7.74. The van der Waals surface area contributed by atoms with Gasteiger partial charge in [0.1, 0.15) is 4.91 Å². The standard InChI is InChI=1S/C31H41N3O2S/c35-37(36,29-18-8-3-9-19-29)34-25-26(30-20-10-11-21-31(30)34)24-32-22-12-13-23-33(27-14-4-1-5-15-27)28-16-6-2-7-17-28/h3,8,10-11,18,20-21,25,27-28,32H,1-2,4-7,12-17,22-24H2. The maximum Gasteiger partial charge on any atom is 0.276 e. The predicted octanol–water partition coefficient (Wildman–Crippen LogP) is 6.42. The van der Waals surface area contributed by atoms with Crippen LogP contribution in [0.2, 0.25) is 0 Å². The van der Waals surface area contributed by atoms with Crippen LogP contribution in [0.4, 0.5) is 0 Å². The van der Waals surface area contributed by atoms with Gasteiger partial charge in [-0.2, -0.15) is 0 Å². The van der Waals surface area contributed by atoms with E-state index >= 15 is 0 Å². The van der Waals surface area contributed by atoms with Crippen molar-refractivity contribution in [3.05, 3.63) is 70.6 Å². The van der Waals surface area contributed by atoms with E-state index in [4.69, 9.17) is 0 Å². The second kappa shape index (κ2) is 12.5. The zero-order valence-corrected chi connectivity index (χ0v) is 22.8. The summed E-state index contributed by atoms with van der Waals surface area (Å²) in [5.74, 6) is 0. The van der Waals surface area contributed by atoms with E-state index in [2.05, 4.69) is 21.7 Å². The van der Waals surface area contributed by atoms with Crippen molar-refractivity contribution in [1.29, 1.82) is 0 Å². The smallest absolute Gasteiger partial charge is 0.276 e. The molecule has 2 aromatic rings. The third-order valence-corrected chi connectivity index (χ3v) is 9.96. The Morgan fingerprint density at radius 3 is 2.32 bits per heavy atom. The molecule has 1 heterocycles. The molecule has 5 rings (SSSR count). The van der Waals surface area contributed by atoms with Gasteiger partial charge in [-0.3, -0.25) is 4.90 Å². The van der Waals surface area contributed by atoms with Gasteiger partial charge in [-0.1, -0.05) is 68.5 Å². The summed E-state index contributed by atoms with van der Waals surface area (Å²) in [5, 5.41) is 4.56. The summed E-state index contributed by atoms with van der Waals surface area (Å²) in [5.41, 5.74) is 7.22. The molecule has 5 nitrogen and oxygen atoms in total. The number of hydrogen-bond acceptors (Lipinski definition) is 4. The molecule has 1 N–H and O–H groups in total. The first-order valence-corrected chi connectivity index (χ1v) is 15.8. The van der Waals surface area contributed by atoms with Gasteiger partial charge in [-0.05, 0) is 81.1 Å². The van der Waals surface area contributed by atoms with Gasteiger partial charge >= 0.3 is 0 Å². The number of nitrogens with one attached hydrogen (secondary N) is 1. The minimum absolute atomic E-state index is 0.135. The first-order valence-electron chi connectivity index (χ1n) is 14.3. The maximum absolute atomic E-state index is 13.3. The molecule has 0 saturated heterocycles. The predicted molar refractivity (Wildman–Crippen MR) is 152 cm³/mol. The molecule has 0 unspecified atom stereocenters. The van der Waals surface area contributed by atoms with E-state index in [0.717, 1.165) is 36.0 Å². The zero-order chi connectivity index (χ0) is 25.5. The Bertz CT molecular complexity index is 1280. The second-order valence-corrected chi connectivity index (χ2v) is 12.6. The highest BCUT2D eigenvalue weighted by atomic mass is 32.2. The number of nitrogens with zero attached hydrogens (tertiary/aromatic N) is 2. The van der Waals surface area contributed by atoms with Gasteiger partial charge < -0.3 is 5.32 Å². The molecule has 198 valence electrons. The van der Waals surface area contributed by atoms with Crippen molar-refractivity contribution in [1.82, 2.24) is 14.2 Å². The summed E-state index contributed by atoms with van der Waals surface area (Å²) in [4.78, 5) is 3.03. The molecule has 6 heteroatoms. The quantitative estimate of drug-likeness (QED) is 0.275. The van der Waals surface area contributed by atoms with Crippen LogP contribution in [-0.4, -0.2) is 42.5 Å². The Morgan fingerprint density at radius 2 is 1.65 bits per heavy atom. The normalized spacial score (nSPS) is 19.2. The van der Waals surface area contributed by atoms with Crippen LogP contribution in [0, 0.1) is 0 Å². The van der Waals surface area contributed by atoms with Gasteiger partial charge in [0.05, 0.1) is 5.52 Å². The van der Waals surface area contributed by atoms with E-state index < -0.39 is 10.0 Å². The summed E-state index contributed by atoms with van der Waals surface area (Å²) >= 11 is 0. The molecule has 0 atom stereocenters. The fourth-order valence-electron chi connectivity index (χ4n) is 6.41. The van der Waals surface area contributed by atoms with E-state index in [0.29, 0.717) is 12.1 Å². The lowest BCUT2D eigenvalue weighted by atomic mass is 9.88. The van der Waals surface area contributed by atoms with Crippen molar-refractivity contribution < 1.29 is 8.42 Å². The van der Waals surface area contributed by atoms with E-state index in [-0.39, 0.29) is 4.91 Å². The minimum atomic E-state index is -3.72. The van der Waals surface area contributed by atoms with E-state index in [9.17, 15) is 8.42 Å². The number of benzene rings is 1. The monoisotopic (exact) mass is 519 g/mol. The van der Waals surface area contributed by atoms with Crippen LogP contribution in [0.5, 0.6) is 0 Å². The molecule has 1 aromatic heterocycles. The Morgan fingerprint density at radius 1 is 0.946 bits per heavy atom. The van der Waals surface area contributed by atoms with E-state index in [1.807, 2.05) is 24.3 Å². The van der Waals surface area contributed by atoms with Crippen LogP contribution in [-0.2, 0) is 16.6 Å². The number of hydrogen-bond donors (Lipinski definition) is 1. The molecule has 37 heavy (non-hydrogen) atoms. The van der Waals surface area contributed by atoms with Gasteiger partial charge in [-0.25, -0.2) is 12.4 Å². The third kappa shape index (κ3) is 6.22. The topological polar surface area (TPSA) is 54.3 Å². The Labute approximate surface area is 222 Å². The highest BCUT2D eigenvalue weighted by Crippen LogP contribution is 2.30.